The van der Waals surface area contributed by atoms with Crippen molar-refractivity contribution in [3.05, 3.63) is 63.6 Å². The second kappa shape index (κ2) is 11.2. The van der Waals surface area contributed by atoms with Gasteiger partial charge in [0.25, 0.3) is 5.91 Å². The SMILES string of the molecule is CC(C)CNC(=O)C(C)N(Cc1ccc(Cl)cc1)C(=O)COc1ccc(Br)cc1. The molecule has 0 aliphatic rings. The standard InChI is InChI=1S/C22H26BrClN2O3/c1-15(2)12-25-22(28)16(3)26(13-17-4-8-19(24)9-5-17)21(27)14-29-20-10-6-18(23)7-11-20/h4-11,15-16H,12-14H2,1-3H3,(H,25,28). The van der Waals surface area contributed by atoms with Crippen molar-refractivity contribution in [1.29, 1.82) is 0 Å². The highest BCUT2D eigenvalue weighted by molar-refractivity contribution is 9.10. The molecule has 0 bridgehead atoms. The van der Waals surface area contributed by atoms with Crippen LogP contribution in [-0.2, 0) is 16.1 Å². The van der Waals surface area contributed by atoms with Crippen LogP contribution in [0.15, 0.2) is 53.0 Å². The van der Waals surface area contributed by atoms with Crippen LogP contribution in [0.1, 0.15) is 26.3 Å². The van der Waals surface area contributed by atoms with Crippen molar-refractivity contribution in [3.8, 4) is 5.75 Å². The Morgan fingerprint density at radius 1 is 1.07 bits per heavy atom. The molecule has 0 fully saturated rings. The molecule has 0 spiro atoms. The van der Waals surface area contributed by atoms with Crippen molar-refractivity contribution >= 4 is 39.3 Å². The highest BCUT2D eigenvalue weighted by Crippen LogP contribution is 2.17. The second-order valence-electron chi connectivity index (χ2n) is 7.21. The van der Waals surface area contributed by atoms with E-state index in [0.29, 0.717) is 23.2 Å². The molecule has 1 N–H and O–H groups in total. The molecule has 2 aromatic carbocycles. The number of carbonyl (C=O) groups excluding carboxylic acids is 2. The molecule has 156 valence electrons. The Hall–Kier alpha value is -2.05. The van der Waals surface area contributed by atoms with E-state index < -0.39 is 6.04 Å². The smallest absolute Gasteiger partial charge is 0.261 e. The third-order valence-corrected chi connectivity index (χ3v) is 5.07. The fourth-order valence-electron chi connectivity index (χ4n) is 2.58. The maximum absolute atomic E-state index is 12.9. The van der Waals surface area contributed by atoms with E-state index in [2.05, 4.69) is 21.2 Å². The van der Waals surface area contributed by atoms with E-state index in [4.69, 9.17) is 16.3 Å². The van der Waals surface area contributed by atoms with Crippen LogP contribution >= 0.6 is 27.5 Å². The van der Waals surface area contributed by atoms with Gasteiger partial charge in [-0.15, -0.1) is 0 Å². The van der Waals surface area contributed by atoms with E-state index in [0.717, 1.165) is 10.0 Å². The molecule has 0 radical (unpaired) electrons. The van der Waals surface area contributed by atoms with Crippen LogP contribution in [0.5, 0.6) is 5.75 Å². The topological polar surface area (TPSA) is 58.6 Å². The Morgan fingerprint density at radius 3 is 2.28 bits per heavy atom. The number of hydrogen-bond donors (Lipinski definition) is 1. The molecule has 0 aliphatic heterocycles. The van der Waals surface area contributed by atoms with Crippen LogP contribution in [0.2, 0.25) is 5.02 Å². The summed E-state index contributed by atoms with van der Waals surface area (Å²) in [7, 11) is 0. The molecule has 2 amide bonds. The number of nitrogens with zero attached hydrogens (tertiary/aromatic N) is 1. The Kier molecular flexibility index (Phi) is 8.99. The van der Waals surface area contributed by atoms with Crippen molar-refractivity contribution in [2.24, 2.45) is 5.92 Å². The Labute approximate surface area is 185 Å². The number of nitrogens with one attached hydrogen (secondary N) is 1. The molecule has 2 aromatic rings. The summed E-state index contributed by atoms with van der Waals surface area (Å²) in [5.41, 5.74) is 0.884. The maximum atomic E-state index is 12.9. The van der Waals surface area contributed by atoms with E-state index >= 15 is 0 Å². The fourth-order valence-corrected chi connectivity index (χ4v) is 2.97. The zero-order valence-corrected chi connectivity index (χ0v) is 19.2. The van der Waals surface area contributed by atoms with Crippen LogP contribution < -0.4 is 10.1 Å². The van der Waals surface area contributed by atoms with Gasteiger partial charge in [-0.3, -0.25) is 9.59 Å². The Morgan fingerprint density at radius 2 is 1.69 bits per heavy atom. The summed E-state index contributed by atoms with van der Waals surface area (Å²) >= 11 is 9.32. The van der Waals surface area contributed by atoms with Crippen molar-refractivity contribution in [1.82, 2.24) is 10.2 Å². The molecule has 1 atom stereocenters. The lowest BCUT2D eigenvalue weighted by Gasteiger charge is -2.29. The third-order valence-electron chi connectivity index (χ3n) is 4.29. The molecule has 0 aromatic heterocycles. The number of ether oxygens (including phenoxy) is 1. The monoisotopic (exact) mass is 480 g/mol. The van der Waals surface area contributed by atoms with Crippen LogP contribution in [0, 0.1) is 5.92 Å². The first kappa shape index (κ1) is 23.2. The van der Waals surface area contributed by atoms with Gasteiger partial charge in [0.2, 0.25) is 5.91 Å². The first-order valence-corrected chi connectivity index (χ1v) is 10.6. The van der Waals surface area contributed by atoms with Gasteiger partial charge in [0.15, 0.2) is 6.61 Å². The Bertz CT molecular complexity index is 810. The summed E-state index contributed by atoms with van der Waals surface area (Å²) < 4.78 is 6.55. The predicted octanol–water partition coefficient (Wildman–Crippen LogP) is 4.67. The normalized spacial score (nSPS) is 11.8. The minimum atomic E-state index is -0.634. The average Bonchev–Trinajstić information content (AvgIpc) is 2.70. The molecule has 1 unspecified atom stereocenters. The van der Waals surface area contributed by atoms with Crippen LogP contribution in [0.25, 0.3) is 0 Å². The van der Waals surface area contributed by atoms with Crippen LogP contribution in [0.3, 0.4) is 0 Å². The van der Waals surface area contributed by atoms with Gasteiger partial charge in [-0.25, -0.2) is 0 Å². The lowest BCUT2D eigenvalue weighted by molar-refractivity contribution is -0.142. The van der Waals surface area contributed by atoms with E-state index in [-0.39, 0.29) is 25.0 Å². The molecular weight excluding hydrogens is 456 g/mol. The summed E-state index contributed by atoms with van der Waals surface area (Å²) in [6, 6.07) is 13.8. The molecule has 0 saturated carbocycles. The molecule has 0 aliphatic carbocycles. The first-order chi connectivity index (χ1) is 13.8. The van der Waals surface area contributed by atoms with Crippen molar-refractivity contribution in [3.63, 3.8) is 0 Å². The highest BCUT2D eigenvalue weighted by atomic mass is 79.9. The summed E-state index contributed by atoms with van der Waals surface area (Å²) in [5, 5.41) is 3.51. The summed E-state index contributed by atoms with van der Waals surface area (Å²) in [4.78, 5) is 27.0. The minimum Gasteiger partial charge on any atom is -0.484 e. The van der Waals surface area contributed by atoms with Crippen LogP contribution in [0.4, 0.5) is 0 Å². The predicted molar refractivity (Wildman–Crippen MR) is 119 cm³/mol. The van der Waals surface area contributed by atoms with E-state index in [9.17, 15) is 9.59 Å². The molecular formula is C22H26BrClN2O3. The summed E-state index contributed by atoms with van der Waals surface area (Å²) in [5.74, 6) is 0.455. The number of halogens is 2. The molecule has 7 heteroatoms. The van der Waals surface area contributed by atoms with E-state index in [1.54, 1.807) is 31.2 Å². The van der Waals surface area contributed by atoms with Crippen molar-refractivity contribution < 1.29 is 14.3 Å². The second-order valence-corrected chi connectivity index (χ2v) is 8.56. The lowest BCUT2D eigenvalue weighted by atomic mass is 10.1. The minimum absolute atomic E-state index is 0.156. The number of carbonyl (C=O) groups is 2. The molecule has 0 saturated heterocycles. The van der Waals surface area contributed by atoms with Crippen molar-refractivity contribution in [2.75, 3.05) is 13.2 Å². The van der Waals surface area contributed by atoms with Gasteiger partial charge >= 0.3 is 0 Å². The first-order valence-electron chi connectivity index (χ1n) is 9.46. The summed E-state index contributed by atoms with van der Waals surface area (Å²) in [6.07, 6.45) is 0. The largest absolute Gasteiger partial charge is 0.484 e. The van der Waals surface area contributed by atoms with Gasteiger partial charge in [-0.05, 0) is 54.8 Å². The zero-order chi connectivity index (χ0) is 21.4. The summed E-state index contributed by atoms with van der Waals surface area (Å²) in [6.45, 7) is 6.46. The Balaban J connectivity index is 2.10. The molecule has 5 nitrogen and oxygen atoms in total. The molecule has 0 heterocycles. The highest BCUT2D eigenvalue weighted by Gasteiger charge is 2.26. The number of hydrogen-bond acceptors (Lipinski definition) is 3. The number of amides is 2. The molecule has 29 heavy (non-hydrogen) atoms. The van der Waals surface area contributed by atoms with Gasteiger partial charge in [0.1, 0.15) is 11.8 Å². The van der Waals surface area contributed by atoms with Gasteiger partial charge < -0.3 is 15.0 Å². The number of benzene rings is 2. The van der Waals surface area contributed by atoms with E-state index in [1.807, 2.05) is 38.1 Å². The molecule has 2 rings (SSSR count). The third kappa shape index (κ3) is 7.71. The zero-order valence-electron chi connectivity index (χ0n) is 16.8. The van der Waals surface area contributed by atoms with Gasteiger partial charge in [-0.2, -0.15) is 0 Å². The average molecular weight is 482 g/mol. The lowest BCUT2D eigenvalue weighted by Crippen LogP contribution is -2.49. The fraction of sp³-hybridized carbons (Fsp3) is 0.364. The van der Waals surface area contributed by atoms with E-state index in [1.165, 1.54) is 4.90 Å². The van der Waals surface area contributed by atoms with Crippen molar-refractivity contribution in [2.45, 2.75) is 33.4 Å². The number of rotatable bonds is 9. The van der Waals surface area contributed by atoms with Gasteiger partial charge in [-0.1, -0.05) is 53.5 Å². The maximum Gasteiger partial charge on any atom is 0.261 e. The van der Waals surface area contributed by atoms with Gasteiger partial charge in [0.05, 0.1) is 0 Å². The quantitative estimate of drug-likeness (QED) is 0.566. The van der Waals surface area contributed by atoms with Gasteiger partial charge in [0, 0.05) is 22.6 Å². The van der Waals surface area contributed by atoms with Crippen LogP contribution in [-0.4, -0.2) is 35.9 Å².